The molecule has 0 saturated carbocycles. The van der Waals surface area contributed by atoms with Gasteiger partial charge in [0.05, 0.1) is 0 Å². The molecule has 0 radical (unpaired) electrons. The molecule has 0 aliphatic carbocycles. The fourth-order valence-corrected chi connectivity index (χ4v) is 3.22. The summed E-state index contributed by atoms with van der Waals surface area (Å²) in [5, 5.41) is 0. The van der Waals surface area contributed by atoms with E-state index in [1.54, 1.807) is 0 Å². The van der Waals surface area contributed by atoms with Crippen LogP contribution in [0.3, 0.4) is 0 Å². The Labute approximate surface area is 80.6 Å². The second kappa shape index (κ2) is 6.48. The largest absolute Gasteiger partial charge is 0.536 e. The third-order valence-corrected chi connectivity index (χ3v) is 4.57. The molecule has 1 unspecified atom stereocenters. The monoisotopic (exact) mass is 210 g/mol. The minimum atomic E-state index is -3.04. The summed E-state index contributed by atoms with van der Waals surface area (Å²) < 4.78 is 29.1. The van der Waals surface area contributed by atoms with Crippen molar-refractivity contribution in [2.24, 2.45) is 0 Å². The molecule has 0 aromatic rings. The van der Waals surface area contributed by atoms with E-state index in [1.165, 1.54) is 6.92 Å². The molecule has 0 fully saturated rings. The molecule has 0 heterocycles. The lowest BCUT2D eigenvalue weighted by atomic mass is 10.9. The minimum absolute atomic E-state index is 0.417. The highest BCUT2D eigenvalue weighted by Gasteiger charge is 2.47. The number of hydrogen-bond donors (Lipinski definition) is 0. The van der Waals surface area contributed by atoms with E-state index in [2.05, 4.69) is 0 Å². The summed E-state index contributed by atoms with van der Waals surface area (Å²) in [6.07, 6.45) is 0. The summed E-state index contributed by atoms with van der Waals surface area (Å²) in [5.74, 6) is -1.17. The van der Waals surface area contributed by atoms with Gasteiger partial charge in [-0.3, -0.25) is 0 Å². The Morgan fingerprint density at radius 2 is 1.31 bits per heavy atom. The van der Waals surface area contributed by atoms with E-state index in [4.69, 9.17) is 13.3 Å². The van der Waals surface area contributed by atoms with Crippen LogP contribution >= 0.6 is 0 Å². The highest BCUT2D eigenvalue weighted by Crippen LogP contribution is 2.17. The summed E-state index contributed by atoms with van der Waals surface area (Å²) in [5.41, 5.74) is 0. The average Bonchev–Trinajstić information content (AvgIpc) is 2.05. The molecule has 0 spiro atoms. The van der Waals surface area contributed by atoms with Crippen LogP contribution in [0.1, 0.15) is 27.7 Å². The molecule has 0 rings (SSSR count). The summed E-state index contributed by atoms with van der Waals surface area (Å²) >= 11 is 0. The third-order valence-electron chi connectivity index (χ3n) is 1.52. The van der Waals surface area contributed by atoms with Crippen molar-refractivity contribution in [1.82, 2.24) is 0 Å². The van der Waals surface area contributed by atoms with E-state index in [1.807, 2.05) is 20.8 Å². The second-order valence-corrected chi connectivity index (χ2v) is 5.39. The van der Waals surface area contributed by atoms with Gasteiger partial charge in [0, 0.05) is 19.8 Å². The third kappa shape index (κ3) is 3.72. The molecule has 3 nitrogen and oxygen atoms in total. The molecule has 5 heteroatoms. The van der Waals surface area contributed by atoms with Gasteiger partial charge in [0.15, 0.2) is 5.79 Å². The maximum absolute atomic E-state index is 13.3. The van der Waals surface area contributed by atoms with Gasteiger partial charge in [0.2, 0.25) is 0 Å². The van der Waals surface area contributed by atoms with Gasteiger partial charge < -0.3 is 13.3 Å². The Bertz CT molecular complexity index is 116. The van der Waals surface area contributed by atoms with Crippen LogP contribution in [0.5, 0.6) is 0 Å². The molecular weight excluding hydrogens is 191 g/mol. The normalized spacial score (nSPS) is 14.5. The van der Waals surface area contributed by atoms with Crippen LogP contribution in [0, 0.1) is 0 Å². The highest BCUT2D eigenvalue weighted by atomic mass is 28.4. The van der Waals surface area contributed by atoms with E-state index in [0.717, 1.165) is 0 Å². The van der Waals surface area contributed by atoms with E-state index < -0.39 is 14.6 Å². The average molecular weight is 210 g/mol. The molecule has 0 aliphatic rings. The molecule has 0 amide bonds. The van der Waals surface area contributed by atoms with Crippen molar-refractivity contribution >= 4 is 8.80 Å². The van der Waals surface area contributed by atoms with Crippen molar-refractivity contribution in [2.75, 3.05) is 19.8 Å². The Hall–Kier alpha value is 0.0269. The summed E-state index contributed by atoms with van der Waals surface area (Å²) in [4.78, 5) is 0. The van der Waals surface area contributed by atoms with Crippen LogP contribution < -0.4 is 0 Å². The van der Waals surface area contributed by atoms with Gasteiger partial charge in [-0.25, -0.2) is 4.39 Å². The maximum Gasteiger partial charge on any atom is 0.536 e. The van der Waals surface area contributed by atoms with Crippen LogP contribution in [0.4, 0.5) is 4.39 Å². The van der Waals surface area contributed by atoms with Crippen molar-refractivity contribution < 1.29 is 17.7 Å². The first kappa shape index (κ1) is 13.0. The van der Waals surface area contributed by atoms with Crippen LogP contribution in [0.2, 0.25) is 0 Å². The van der Waals surface area contributed by atoms with Crippen LogP contribution in [-0.4, -0.2) is 34.4 Å². The molecule has 0 saturated heterocycles. The fourth-order valence-electron chi connectivity index (χ4n) is 1.07. The molecule has 0 aliphatic heterocycles. The summed E-state index contributed by atoms with van der Waals surface area (Å²) in [6.45, 7) is 8.10. The predicted molar refractivity (Wildman–Crippen MR) is 51.2 cm³/mol. The first-order valence-electron chi connectivity index (χ1n) is 4.68. The van der Waals surface area contributed by atoms with Crippen molar-refractivity contribution in [2.45, 2.75) is 33.5 Å². The number of rotatable bonds is 7. The van der Waals surface area contributed by atoms with Crippen molar-refractivity contribution in [3.05, 3.63) is 0 Å². The SMILES string of the molecule is CCO[Si](OCC)(OCC)C(C)F. The van der Waals surface area contributed by atoms with Crippen LogP contribution in [-0.2, 0) is 13.3 Å². The molecule has 13 heavy (non-hydrogen) atoms. The number of halogens is 1. The van der Waals surface area contributed by atoms with E-state index in [0.29, 0.717) is 19.8 Å². The maximum atomic E-state index is 13.3. The van der Waals surface area contributed by atoms with Crippen molar-refractivity contribution in [3.63, 3.8) is 0 Å². The van der Waals surface area contributed by atoms with Gasteiger partial charge in [-0.15, -0.1) is 0 Å². The van der Waals surface area contributed by atoms with E-state index >= 15 is 0 Å². The molecule has 0 aromatic heterocycles. The topological polar surface area (TPSA) is 27.7 Å². The lowest BCUT2D eigenvalue weighted by Crippen LogP contribution is -2.53. The summed E-state index contributed by atoms with van der Waals surface area (Å²) in [7, 11) is -3.04. The van der Waals surface area contributed by atoms with E-state index in [9.17, 15) is 4.39 Å². The first-order valence-corrected chi connectivity index (χ1v) is 6.49. The zero-order valence-corrected chi connectivity index (χ0v) is 9.80. The lowest BCUT2D eigenvalue weighted by Gasteiger charge is -2.29. The molecule has 0 aromatic carbocycles. The minimum Gasteiger partial charge on any atom is -0.372 e. The molecule has 0 bridgehead atoms. The van der Waals surface area contributed by atoms with Crippen molar-refractivity contribution in [3.8, 4) is 0 Å². The lowest BCUT2D eigenvalue weighted by molar-refractivity contribution is 0.0468. The standard InChI is InChI=1S/C8H19FO3Si/c1-5-10-13(8(4)9,11-6-2)12-7-3/h8H,5-7H2,1-4H3. The molecular formula is C8H19FO3Si. The highest BCUT2D eigenvalue weighted by molar-refractivity contribution is 6.62. The predicted octanol–water partition coefficient (Wildman–Crippen LogP) is 1.93. The smallest absolute Gasteiger partial charge is 0.372 e. The number of hydrogen-bond acceptors (Lipinski definition) is 3. The fraction of sp³-hybridized carbons (Fsp3) is 1.00. The van der Waals surface area contributed by atoms with Gasteiger partial charge in [-0.1, -0.05) is 0 Å². The number of alkyl halides is 1. The van der Waals surface area contributed by atoms with Gasteiger partial charge in [0.25, 0.3) is 0 Å². The van der Waals surface area contributed by atoms with Crippen molar-refractivity contribution in [1.29, 1.82) is 0 Å². The Balaban J connectivity index is 4.38. The van der Waals surface area contributed by atoms with Crippen LogP contribution in [0.25, 0.3) is 0 Å². The molecule has 1 atom stereocenters. The molecule has 0 N–H and O–H groups in total. The zero-order valence-electron chi connectivity index (χ0n) is 8.80. The zero-order chi connectivity index (χ0) is 10.3. The Morgan fingerprint density at radius 3 is 1.46 bits per heavy atom. The Kier molecular flexibility index (Phi) is 6.49. The Morgan fingerprint density at radius 1 is 1.00 bits per heavy atom. The first-order chi connectivity index (χ1) is 6.13. The van der Waals surface area contributed by atoms with E-state index in [-0.39, 0.29) is 0 Å². The second-order valence-electron chi connectivity index (χ2n) is 2.52. The van der Waals surface area contributed by atoms with Gasteiger partial charge >= 0.3 is 8.80 Å². The van der Waals surface area contributed by atoms with Gasteiger partial charge in [-0.2, -0.15) is 0 Å². The summed E-state index contributed by atoms with van der Waals surface area (Å²) in [6, 6.07) is 0. The van der Waals surface area contributed by atoms with Crippen LogP contribution in [0.15, 0.2) is 0 Å². The van der Waals surface area contributed by atoms with Gasteiger partial charge in [-0.05, 0) is 27.7 Å². The van der Waals surface area contributed by atoms with Gasteiger partial charge in [0.1, 0.15) is 0 Å². The quantitative estimate of drug-likeness (QED) is 0.601. The molecule has 80 valence electrons.